The highest BCUT2D eigenvalue weighted by Gasteiger charge is 2.30. The molecule has 0 saturated carbocycles. The van der Waals surface area contributed by atoms with Crippen molar-refractivity contribution in [2.45, 2.75) is 11.3 Å². The van der Waals surface area contributed by atoms with E-state index in [2.05, 4.69) is 20.5 Å². The lowest BCUT2D eigenvalue weighted by Gasteiger charge is -2.08. The minimum absolute atomic E-state index is 0.00183. The molecule has 4 aromatic rings. The zero-order valence-corrected chi connectivity index (χ0v) is 15.9. The first-order valence-corrected chi connectivity index (χ1v) is 9.49. The third-order valence-corrected chi connectivity index (χ3v) is 5.15. The Morgan fingerprint density at radius 3 is 2.55 bits per heavy atom. The molecule has 0 fully saturated rings. The number of amides is 1. The number of aromatic nitrogens is 4. The molecule has 1 N–H and O–H groups in total. The van der Waals surface area contributed by atoms with Crippen molar-refractivity contribution in [1.29, 1.82) is 0 Å². The van der Waals surface area contributed by atoms with Gasteiger partial charge < -0.3 is 9.88 Å². The SMILES string of the molecule is Cn1c2ccccc2c2nnc(SCC(=O)Nc3ccc(C(F)(F)F)cc3)nc21. The Balaban J connectivity index is 1.44. The number of carbonyl (C=O) groups excluding carboxylic acids is 1. The van der Waals surface area contributed by atoms with Gasteiger partial charge in [-0.1, -0.05) is 30.0 Å². The first kappa shape index (κ1) is 19.2. The lowest BCUT2D eigenvalue weighted by molar-refractivity contribution is -0.137. The maximum Gasteiger partial charge on any atom is 0.416 e. The van der Waals surface area contributed by atoms with Gasteiger partial charge in [0.15, 0.2) is 5.65 Å². The third kappa shape index (κ3) is 3.88. The van der Waals surface area contributed by atoms with Crippen molar-refractivity contribution in [2.75, 3.05) is 11.1 Å². The van der Waals surface area contributed by atoms with Crippen LogP contribution in [-0.2, 0) is 18.0 Å². The van der Waals surface area contributed by atoms with Crippen molar-refractivity contribution in [1.82, 2.24) is 19.7 Å². The van der Waals surface area contributed by atoms with Crippen LogP contribution in [0.1, 0.15) is 5.56 Å². The largest absolute Gasteiger partial charge is 0.416 e. The van der Waals surface area contributed by atoms with Crippen LogP contribution in [0.4, 0.5) is 18.9 Å². The molecule has 0 bridgehead atoms. The highest BCUT2D eigenvalue weighted by molar-refractivity contribution is 7.99. The van der Waals surface area contributed by atoms with E-state index in [4.69, 9.17) is 0 Å². The average Bonchev–Trinajstić information content (AvgIpc) is 2.98. The van der Waals surface area contributed by atoms with Crippen molar-refractivity contribution in [3.8, 4) is 0 Å². The predicted octanol–water partition coefficient (Wildman–Crippen LogP) is 4.27. The van der Waals surface area contributed by atoms with E-state index in [0.29, 0.717) is 16.3 Å². The number of fused-ring (bicyclic) bond motifs is 3. The molecule has 0 saturated heterocycles. The first-order valence-electron chi connectivity index (χ1n) is 8.50. The van der Waals surface area contributed by atoms with Crippen molar-refractivity contribution < 1.29 is 18.0 Å². The number of benzene rings is 2. The van der Waals surface area contributed by atoms with Crippen molar-refractivity contribution in [3.05, 3.63) is 54.1 Å². The van der Waals surface area contributed by atoms with Crippen LogP contribution in [0.3, 0.4) is 0 Å². The Bertz CT molecular complexity index is 1200. The Morgan fingerprint density at radius 1 is 1.10 bits per heavy atom. The van der Waals surface area contributed by atoms with E-state index in [1.165, 1.54) is 12.1 Å². The summed E-state index contributed by atoms with van der Waals surface area (Å²) >= 11 is 1.10. The zero-order valence-electron chi connectivity index (χ0n) is 15.1. The zero-order chi connectivity index (χ0) is 20.6. The van der Waals surface area contributed by atoms with E-state index < -0.39 is 11.7 Å². The Morgan fingerprint density at radius 2 is 1.83 bits per heavy atom. The lowest BCUT2D eigenvalue weighted by Crippen LogP contribution is -2.14. The number of para-hydroxylation sites is 1. The van der Waals surface area contributed by atoms with Gasteiger partial charge in [0.2, 0.25) is 11.1 Å². The van der Waals surface area contributed by atoms with Crippen LogP contribution in [0, 0.1) is 0 Å². The monoisotopic (exact) mass is 417 g/mol. The molecule has 2 aromatic carbocycles. The summed E-state index contributed by atoms with van der Waals surface area (Å²) in [6.07, 6.45) is -4.41. The molecule has 0 aliphatic heterocycles. The summed E-state index contributed by atoms with van der Waals surface area (Å²) in [5, 5.41) is 12.1. The fourth-order valence-corrected chi connectivity index (χ4v) is 3.50. The van der Waals surface area contributed by atoms with Crippen molar-refractivity contribution in [3.63, 3.8) is 0 Å². The predicted molar refractivity (Wildman–Crippen MR) is 105 cm³/mol. The van der Waals surface area contributed by atoms with E-state index in [-0.39, 0.29) is 17.3 Å². The molecule has 10 heteroatoms. The van der Waals surface area contributed by atoms with E-state index >= 15 is 0 Å². The molecule has 0 unspecified atom stereocenters. The van der Waals surface area contributed by atoms with Crippen LogP contribution >= 0.6 is 11.8 Å². The number of anilines is 1. The van der Waals surface area contributed by atoms with Gasteiger partial charge in [0.05, 0.1) is 16.8 Å². The van der Waals surface area contributed by atoms with Gasteiger partial charge in [-0.25, -0.2) is 4.98 Å². The second kappa shape index (κ2) is 7.36. The van der Waals surface area contributed by atoms with Crippen LogP contribution < -0.4 is 5.32 Å². The van der Waals surface area contributed by atoms with Gasteiger partial charge in [-0.05, 0) is 30.3 Å². The molecule has 0 radical (unpaired) electrons. The van der Waals surface area contributed by atoms with E-state index in [9.17, 15) is 18.0 Å². The fourth-order valence-electron chi connectivity index (χ4n) is 2.92. The maximum atomic E-state index is 12.6. The van der Waals surface area contributed by atoms with Crippen LogP contribution in [0.5, 0.6) is 0 Å². The molecule has 0 aliphatic carbocycles. The summed E-state index contributed by atoms with van der Waals surface area (Å²) in [4.78, 5) is 16.6. The standard InChI is InChI=1S/C19H14F3N5OS/c1-27-14-5-3-2-4-13(14)16-17(27)24-18(26-25-16)29-10-15(28)23-12-8-6-11(7-9-12)19(20,21)22/h2-9H,10H2,1H3,(H,23,28). The van der Waals surface area contributed by atoms with Crippen molar-refractivity contribution >= 4 is 45.4 Å². The van der Waals surface area contributed by atoms with Crippen LogP contribution in [0.2, 0.25) is 0 Å². The fraction of sp³-hybridized carbons (Fsp3) is 0.158. The number of thioether (sulfide) groups is 1. The second-order valence-corrected chi connectivity index (χ2v) is 7.20. The maximum absolute atomic E-state index is 12.6. The summed E-state index contributed by atoms with van der Waals surface area (Å²) in [5.74, 6) is -0.381. The third-order valence-electron chi connectivity index (χ3n) is 4.32. The molecule has 6 nitrogen and oxygen atoms in total. The average molecular weight is 417 g/mol. The van der Waals surface area contributed by atoms with E-state index in [0.717, 1.165) is 34.8 Å². The molecule has 2 heterocycles. The molecule has 0 spiro atoms. The van der Waals surface area contributed by atoms with Gasteiger partial charge in [0.25, 0.3) is 0 Å². The van der Waals surface area contributed by atoms with Crippen LogP contribution in [0.25, 0.3) is 22.1 Å². The van der Waals surface area contributed by atoms with Gasteiger partial charge in [-0.3, -0.25) is 4.79 Å². The molecule has 29 heavy (non-hydrogen) atoms. The number of alkyl halides is 3. The normalized spacial score (nSPS) is 11.9. The smallest absolute Gasteiger partial charge is 0.327 e. The molecule has 0 atom stereocenters. The lowest BCUT2D eigenvalue weighted by atomic mass is 10.2. The molecule has 148 valence electrons. The summed E-state index contributed by atoms with van der Waals surface area (Å²) in [5.41, 5.74) is 1.83. The highest BCUT2D eigenvalue weighted by Crippen LogP contribution is 2.30. The minimum atomic E-state index is -4.41. The number of aryl methyl sites for hydroxylation is 1. The number of rotatable bonds is 4. The number of nitrogens with one attached hydrogen (secondary N) is 1. The molecule has 4 rings (SSSR count). The first-order chi connectivity index (χ1) is 13.8. The molecule has 0 aliphatic rings. The topological polar surface area (TPSA) is 72.7 Å². The summed E-state index contributed by atoms with van der Waals surface area (Å²) < 4.78 is 39.7. The van der Waals surface area contributed by atoms with Gasteiger partial charge in [-0.2, -0.15) is 13.2 Å². The van der Waals surface area contributed by atoms with Gasteiger partial charge in [0, 0.05) is 18.1 Å². The molecule has 1 amide bonds. The van der Waals surface area contributed by atoms with Gasteiger partial charge >= 0.3 is 6.18 Å². The van der Waals surface area contributed by atoms with Crippen LogP contribution in [-0.4, -0.2) is 31.4 Å². The van der Waals surface area contributed by atoms with Crippen molar-refractivity contribution in [2.24, 2.45) is 7.05 Å². The van der Waals surface area contributed by atoms with E-state index in [1.54, 1.807) is 0 Å². The van der Waals surface area contributed by atoms with Gasteiger partial charge in [0.1, 0.15) is 5.52 Å². The number of nitrogens with zero attached hydrogens (tertiary/aromatic N) is 4. The summed E-state index contributed by atoms with van der Waals surface area (Å²) in [7, 11) is 1.88. The number of carbonyl (C=O) groups is 1. The quantitative estimate of drug-likeness (QED) is 0.502. The van der Waals surface area contributed by atoms with E-state index in [1.807, 2.05) is 35.9 Å². The molecular weight excluding hydrogens is 403 g/mol. The van der Waals surface area contributed by atoms with Crippen LogP contribution in [0.15, 0.2) is 53.7 Å². The highest BCUT2D eigenvalue weighted by atomic mass is 32.2. The summed E-state index contributed by atoms with van der Waals surface area (Å²) in [6, 6.07) is 12.0. The Labute approximate surface area is 167 Å². The second-order valence-electron chi connectivity index (χ2n) is 6.25. The number of hydrogen-bond acceptors (Lipinski definition) is 5. The minimum Gasteiger partial charge on any atom is -0.327 e. The number of hydrogen-bond donors (Lipinski definition) is 1. The molecule has 2 aromatic heterocycles. The molecular formula is C19H14F3N5OS. The number of halogens is 3. The Hall–Kier alpha value is -3.14. The summed E-state index contributed by atoms with van der Waals surface area (Å²) in [6.45, 7) is 0. The van der Waals surface area contributed by atoms with Gasteiger partial charge in [-0.15, -0.1) is 10.2 Å². The Kier molecular flexibility index (Phi) is 4.87.